The summed E-state index contributed by atoms with van der Waals surface area (Å²) >= 11 is 0. The predicted octanol–water partition coefficient (Wildman–Crippen LogP) is -0.421. The molecule has 19 heavy (non-hydrogen) atoms. The predicted molar refractivity (Wildman–Crippen MR) is 66.8 cm³/mol. The van der Waals surface area contributed by atoms with Crippen LogP contribution in [0.4, 0.5) is 0 Å². The van der Waals surface area contributed by atoms with Crippen LogP contribution in [-0.4, -0.2) is 45.3 Å². The van der Waals surface area contributed by atoms with Gasteiger partial charge in [0.2, 0.25) is 10.0 Å². The first-order chi connectivity index (χ1) is 8.75. The number of rotatable bonds is 5. The fourth-order valence-electron chi connectivity index (χ4n) is 1.21. The van der Waals surface area contributed by atoms with Crippen molar-refractivity contribution in [3.05, 3.63) is 29.8 Å². The van der Waals surface area contributed by atoms with Crippen molar-refractivity contribution in [2.45, 2.75) is 4.90 Å². The summed E-state index contributed by atoms with van der Waals surface area (Å²) in [6.07, 6.45) is 0. The zero-order valence-corrected chi connectivity index (χ0v) is 11.3. The molecular formula is C11H14N2O5S. The first-order valence-electron chi connectivity index (χ1n) is 5.23. The molecule has 1 amide bonds. The van der Waals surface area contributed by atoms with Gasteiger partial charge in [-0.25, -0.2) is 17.5 Å². The number of ether oxygens (including phenoxy) is 1. The maximum absolute atomic E-state index is 11.9. The van der Waals surface area contributed by atoms with Gasteiger partial charge < -0.3 is 10.5 Å². The highest BCUT2D eigenvalue weighted by atomic mass is 32.2. The van der Waals surface area contributed by atoms with Gasteiger partial charge in [0.05, 0.1) is 10.5 Å². The largest absolute Gasteiger partial charge is 0.452 e. The molecule has 0 spiro atoms. The Morgan fingerprint density at radius 2 is 1.95 bits per heavy atom. The van der Waals surface area contributed by atoms with Crippen molar-refractivity contribution >= 4 is 21.9 Å². The molecule has 0 heterocycles. The summed E-state index contributed by atoms with van der Waals surface area (Å²) in [5.74, 6) is -1.60. The van der Waals surface area contributed by atoms with Crippen LogP contribution in [0.25, 0.3) is 0 Å². The van der Waals surface area contributed by atoms with Gasteiger partial charge in [-0.05, 0) is 18.2 Å². The first-order valence-corrected chi connectivity index (χ1v) is 6.67. The monoisotopic (exact) mass is 286 g/mol. The average Bonchev–Trinajstić information content (AvgIpc) is 2.35. The minimum atomic E-state index is -3.63. The third-order valence-corrected chi connectivity index (χ3v) is 4.00. The number of esters is 1. The lowest BCUT2D eigenvalue weighted by atomic mass is 10.2. The molecule has 0 aliphatic carbocycles. The first kappa shape index (κ1) is 15.1. The highest BCUT2D eigenvalue weighted by molar-refractivity contribution is 7.89. The van der Waals surface area contributed by atoms with E-state index in [1.54, 1.807) is 0 Å². The summed E-state index contributed by atoms with van der Waals surface area (Å²) in [4.78, 5) is 22.0. The Kier molecular flexibility index (Phi) is 4.62. The summed E-state index contributed by atoms with van der Waals surface area (Å²) in [5.41, 5.74) is 4.87. The fourth-order valence-corrected chi connectivity index (χ4v) is 2.16. The second kappa shape index (κ2) is 5.81. The summed E-state index contributed by atoms with van der Waals surface area (Å²) in [7, 11) is -0.866. The van der Waals surface area contributed by atoms with Crippen molar-refractivity contribution in [2.75, 3.05) is 20.7 Å². The zero-order chi connectivity index (χ0) is 14.6. The molecule has 0 bridgehead atoms. The Balaban J connectivity index is 3.01. The van der Waals surface area contributed by atoms with Crippen LogP contribution in [0.3, 0.4) is 0 Å². The molecule has 2 N–H and O–H groups in total. The van der Waals surface area contributed by atoms with Crippen molar-refractivity contribution in [3.63, 3.8) is 0 Å². The van der Waals surface area contributed by atoms with Gasteiger partial charge in [0.15, 0.2) is 6.61 Å². The van der Waals surface area contributed by atoms with Crippen molar-refractivity contribution in [3.8, 4) is 0 Å². The molecule has 104 valence electrons. The van der Waals surface area contributed by atoms with E-state index in [9.17, 15) is 18.0 Å². The highest BCUT2D eigenvalue weighted by Gasteiger charge is 2.19. The number of nitrogens with two attached hydrogens (primary N) is 1. The van der Waals surface area contributed by atoms with E-state index in [4.69, 9.17) is 5.73 Å². The third kappa shape index (κ3) is 3.76. The Morgan fingerprint density at radius 1 is 1.32 bits per heavy atom. The van der Waals surface area contributed by atoms with E-state index in [0.29, 0.717) is 0 Å². The van der Waals surface area contributed by atoms with Crippen molar-refractivity contribution in [2.24, 2.45) is 5.73 Å². The molecule has 8 heteroatoms. The average molecular weight is 286 g/mol. The van der Waals surface area contributed by atoms with Crippen LogP contribution in [0.2, 0.25) is 0 Å². The van der Waals surface area contributed by atoms with Crippen LogP contribution >= 0.6 is 0 Å². The molecule has 0 fully saturated rings. The molecule has 0 unspecified atom stereocenters. The number of carbonyl (C=O) groups is 2. The lowest BCUT2D eigenvalue weighted by molar-refractivity contribution is -0.121. The molecule has 1 rings (SSSR count). The summed E-state index contributed by atoms with van der Waals surface area (Å²) in [6, 6.07) is 5.34. The number of primary amides is 1. The van der Waals surface area contributed by atoms with Crippen LogP contribution in [0.15, 0.2) is 29.2 Å². The molecule has 0 radical (unpaired) electrons. The molecule has 0 aliphatic heterocycles. The van der Waals surface area contributed by atoms with E-state index in [0.717, 1.165) is 4.31 Å². The van der Waals surface area contributed by atoms with E-state index in [1.165, 1.54) is 38.4 Å². The Bertz CT molecular complexity index is 595. The van der Waals surface area contributed by atoms with Crippen molar-refractivity contribution < 1.29 is 22.7 Å². The Labute approximate surface area is 111 Å². The van der Waals surface area contributed by atoms with Crippen molar-refractivity contribution in [1.82, 2.24) is 4.31 Å². The topological polar surface area (TPSA) is 107 Å². The number of amides is 1. The molecule has 7 nitrogen and oxygen atoms in total. The van der Waals surface area contributed by atoms with Gasteiger partial charge in [0.1, 0.15) is 0 Å². The fraction of sp³-hybridized carbons (Fsp3) is 0.273. The van der Waals surface area contributed by atoms with E-state index < -0.39 is 28.5 Å². The van der Waals surface area contributed by atoms with Gasteiger partial charge in [-0.2, -0.15) is 0 Å². The normalized spacial score (nSPS) is 11.3. The van der Waals surface area contributed by atoms with Crippen LogP contribution in [0, 0.1) is 0 Å². The number of hydrogen-bond donors (Lipinski definition) is 1. The Morgan fingerprint density at radius 3 is 2.47 bits per heavy atom. The Hall–Kier alpha value is -1.93. The number of hydrogen-bond acceptors (Lipinski definition) is 5. The van der Waals surface area contributed by atoms with Gasteiger partial charge in [0.25, 0.3) is 5.91 Å². The van der Waals surface area contributed by atoms with Gasteiger partial charge in [-0.3, -0.25) is 4.79 Å². The minimum Gasteiger partial charge on any atom is -0.452 e. The van der Waals surface area contributed by atoms with E-state index in [-0.39, 0.29) is 10.5 Å². The van der Waals surface area contributed by atoms with Crippen molar-refractivity contribution in [1.29, 1.82) is 0 Å². The lowest BCUT2D eigenvalue weighted by Crippen LogP contribution is -2.23. The third-order valence-electron chi connectivity index (χ3n) is 2.19. The van der Waals surface area contributed by atoms with E-state index in [2.05, 4.69) is 4.74 Å². The summed E-state index contributed by atoms with van der Waals surface area (Å²) in [5, 5.41) is 0. The van der Waals surface area contributed by atoms with Gasteiger partial charge in [-0.15, -0.1) is 0 Å². The quantitative estimate of drug-likeness (QED) is 0.740. The van der Waals surface area contributed by atoms with Gasteiger partial charge in [0, 0.05) is 14.1 Å². The maximum atomic E-state index is 11.9. The molecule has 0 atom stereocenters. The molecule has 1 aromatic rings. The second-order valence-electron chi connectivity index (χ2n) is 3.86. The lowest BCUT2D eigenvalue weighted by Gasteiger charge is -2.11. The standard InChI is InChI=1S/C11H14N2O5S/c1-13(2)19(16,17)9-5-3-4-8(6-9)11(15)18-7-10(12)14/h3-6H,7H2,1-2H3,(H2,12,14). The molecule has 0 saturated heterocycles. The smallest absolute Gasteiger partial charge is 0.338 e. The molecular weight excluding hydrogens is 272 g/mol. The molecule has 0 aromatic heterocycles. The number of benzene rings is 1. The van der Waals surface area contributed by atoms with Gasteiger partial charge in [-0.1, -0.05) is 6.07 Å². The van der Waals surface area contributed by atoms with Gasteiger partial charge >= 0.3 is 5.97 Å². The zero-order valence-electron chi connectivity index (χ0n) is 10.5. The molecule has 0 saturated carbocycles. The van der Waals surface area contributed by atoms with Crippen LogP contribution < -0.4 is 5.73 Å². The summed E-state index contributed by atoms with van der Waals surface area (Å²) in [6.45, 7) is -0.552. The summed E-state index contributed by atoms with van der Waals surface area (Å²) < 4.78 is 29.4. The maximum Gasteiger partial charge on any atom is 0.338 e. The van der Waals surface area contributed by atoms with Crippen LogP contribution in [0.1, 0.15) is 10.4 Å². The number of sulfonamides is 1. The number of carbonyl (C=O) groups excluding carboxylic acids is 2. The van der Waals surface area contributed by atoms with E-state index in [1.807, 2.05) is 0 Å². The SMILES string of the molecule is CN(C)S(=O)(=O)c1cccc(C(=O)OCC(N)=O)c1. The molecule has 0 aliphatic rings. The number of nitrogens with zero attached hydrogens (tertiary/aromatic N) is 1. The highest BCUT2D eigenvalue weighted by Crippen LogP contribution is 2.15. The molecule has 1 aromatic carbocycles. The van der Waals surface area contributed by atoms with Crippen LogP contribution in [-0.2, 0) is 19.6 Å². The second-order valence-corrected chi connectivity index (χ2v) is 6.01. The van der Waals surface area contributed by atoms with E-state index >= 15 is 0 Å². The van der Waals surface area contributed by atoms with Crippen LogP contribution in [0.5, 0.6) is 0 Å². The minimum absolute atomic E-state index is 0.0316.